The Hall–Kier alpha value is -1.88. The molecule has 0 aliphatic heterocycles. The molecule has 1 amide bonds. The zero-order valence-electron chi connectivity index (χ0n) is 11.1. The molecule has 5 heteroatoms. The number of nitrogen functional groups attached to an aromatic ring is 1. The van der Waals surface area contributed by atoms with Gasteiger partial charge in [0, 0.05) is 16.8 Å². The van der Waals surface area contributed by atoms with Crippen molar-refractivity contribution in [2.75, 3.05) is 11.1 Å². The number of carbonyl (C=O) groups is 1. The van der Waals surface area contributed by atoms with Crippen LogP contribution in [0.25, 0.3) is 0 Å². The summed E-state index contributed by atoms with van der Waals surface area (Å²) >= 11 is 1.60. The third-order valence-corrected chi connectivity index (χ3v) is 4.70. The molecule has 3 rings (SSSR count). The van der Waals surface area contributed by atoms with Crippen LogP contribution in [0.3, 0.4) is 0 Å². The van der Waals surface area contributed by atoms with Crippen molar-refractivity contribution in [3.8, 4) is 0 Å². The van der Waals surface area contributed by atoms with E-state index in [1.165, 1.54) is 24.1 Å². The van der Waals surface area contributed by atoms with Crippen LogP contribution in [0.1, 0.15) is 35.6 Å². The molecule has 0 spiro atoms. The van der Waals surface area contributed by atoms with Gasteiger partial charge in [-0.05, 0) is 36.5 Å². The number of hydrogen-bond acceptors (Lipinski definition) is 4. The molecule has 1 saturated carbocycles. The van der Waals surface area contributed by atoms with Crippen molar-refractivity contribution in [1.29, 1.82) is 0 Å². The third kappa shape index (κ3) is 2.99. The molecule has 1 heterocycles. The molecule has 1 aliphatic rings. The second-order valence-electron chi connectivity index (χ2n) is 5.16. The van der Waals surface area contributed by atoms with Crippen LogP contribution in [0.4, 0.5) is 10.8 Å². The molecule has 4 nitrogen and oxygen atoms in total. The zero-order valence-corrected chi connectivity index (χ0v) is 12.0. The first-order valence-electron chi connectivity index (χ1n) is 6.81. The van der Waals surface area contributed by atoms with Gasteiger partial charge < -0.3 is 11.1 Å². The quantitative estimate of drug-likeness (QED) is 0.849. The molecular formula is C15H17N3OS. The first kappa shape index (κ1) is 13.1. The molecule has 1 aromatic carbocycles. The minimum Gasteiger partial charge on any atom is -0.399 e. The molecule has 104 valence electrons. The largest absolute Gasteiger partial charge is 0.399 e. The highest BCUT2D eigenvalue weighted by Gasteiger charge is 2.22. The Labute approximate surface area is 122 Å². The van der Waals surface area contributed by atoms with Crippen molar-refractivity contribution in [2.45, 2.75) is 31.6 Å². The summed E-state index contributed by atoms with van der Waals surface area (Å²) in [4.78, 5) is 17.5. The van der Waals surface area contributed by atoms with E-state index in [0.717, 1.165) is 5.56 Å². The number of nitrogens with zero attached hydrogens (tertiary/aromatic N) is 1. The number of carbonyl (C=O) groups excluding carboxylic acids is 1. The molecule has 0 saturated heterocycles. The summed E-state index contributed by atoms with van der Waals surface area (Å²) in [7, 11) is 0. The van der Waals surface area contributed by atoms with Crippen LogP contribution in [0.5, 0.6) is 0 Å². The lowest BCUT2D eigenvalue weighted by Crippen LogP contribution is -2.14. The highest BCUT2D eigenvalue weighted by atomic mass is 32.1. The van der Waals surface area contributed by atoms with Crippen molar-refractivity contribution >= 4 is 28.1 Å². The summed E-state index contributed by atoms with van der Waals surface area (Å²) in [5.74, 6) is 0.625. The van der Waals surface area contributed by atoms with Crippen LogP contribution in [-0.2, 0) is 11.2 Å². The second-order valence-corrected chi connectivity index (χ2v) is 6.22. The molecule has 0 radical (unpaired) electrons. The highest BCUT2D eigenvalue weighted by molar-refractivity contribution is 7.15. The fourth-order valence-corrected chi connectivity index (χ4v) is 3.21. The van der Waals surface area contributed by atoms with Gasteiger partial charge in [0.1, 0.15) is 0 Å². The van der Waals surface area contributed by atoms with Crippen LogP contribution in [0.2, 0.25) is 0 Å². The smallest absolute Gasteiger partial charge is 0.230 e. The van der Waals surface area contributed by atoms with E-state index in [0.29, 0.717) is 23.2 Å². The van der Waals surface area contributed by atoms with E-state index < -0.39 is 0 Å². The summed E-state index contributed by atoms with van der Waals surface area (Å²) < 4.78 is 0. The number of nitrogens with one attached hydrogen (secondary N) is 1. The molecule has 1 fully saturated rings. The molecule has 0 atom stereocenters. The van der Waals surface area contributed by atoms with Crippen LogP contribution in [0, 0.1) is 0 Å². The maximum atomic E-state index is 12.0. The Kier molecular flexibility index (Phi) is 3.69. The van der Waals surface area contributed by atoms with Crippen molar-refractivity contribution in [1.82, 2.24) is 4.98 Å². The lowest BCUT2D eigenvalue weighted by Gasteiger charge is -2.23. The monoisotopic (exact) mass is 287 g/mol. The van der Waals surface area contributed by atoms with Crippen molar-refractivity contribution in [3.05, 3.63) is 40.9 Å². The van der Waals surface area contributed by atoms with Gasteiger partial charge in [-0.2, -0.15) is 0 Å². The van der Waals surface area contributed by atoms with E-state index in [9.17, 15) is 4.79 Å². The number of rotatable bonds is 4. The summed E-state index contributed by atoms with van der Waals surface area (Å²) in [6.45, 7) is 0. The standard InChI is InChI=1S/C15H17N3OS/c16-12-6-4-10(5-7-12)8-14(19)18-15-17-9-13(20-15)11-2-1-3-11/h4-7,9,11H,1-3,8,16H2,(H,17,18,19). The fraction of sp³-hybridized carbons (Fsp3) is 0.333. The van der Waals surface area contributed by atoms with Crippen LogP contribution >= 0.6 is 11.3 Å². The number of benzene rings is 1. The topological polar surface area (TPSA) is 68.0 Å². The van der Waals surface area contributed by atoms with Crippen molar-refractivity contribution < 1.29 is 4.79 Å². The number of thiazole rings is 1. The first-order valence-corrected chi connectivity index (χ1v) is 7.62. The van der Waals surface area contributed by atoms with Gasteiger partial charge in [0.2, 0.25) is 5.91 Å². The van der Waals surface area contributed by atoms with Gasteiger partial charge in [0.15, 0.2) is 5.13 Å². The van der Waals surface area contributed by atoms with Crippen molar-refractivity contribution in [3.63, 3.8) is 0 Å². The maximum absolute atomic E-state index is 12.0. The van der Waals surface area contributed by atoms with E-state index in [4.69, 9.17) is 5.73 Å². The number of nitrogens with two attached hydrogens (primary N) is 1. The molecule has 3 N–H and O–H groups in total. The number of hydrogen-bond donors (Lipinski definition) is 2. The maximum Gasteiger partial charge on any atom is 0.230 e. The Morgan fingerprint density at radius 1 is 1.35 bits per heavy atom. The molecule has 2 aromatic rings. The lowest BCUT2D eigenvalue weighted by atomic mass is 9.85. The summed E-state index contributed by atoms with van der Waals surface area (Å²) in [5.41, 5.74) is 7.28. The molecule has 1 aliphatic carbocycles. The molecular weight excluding hydrogens is 270 g/mol. The predicted molar refractivity (Wildman–Crippen MR) is 81.9 cm³/mol. The van der Waals surface area contributed by atoms with Gasteiger partial charge in [0.05, 0.1) is 6.42 Å². The van der Waals surface area contributed by atoms with Crippen LogP contribution in [0.15, 0.2) is 30.5 Å². The van der Waals surface area contributed by atoms with Gasteiger partial charge in [-0.3, -0.25) is 4.79 Å². The molecule has 0 bridgehead atoms. The van der Waals surface area contributed by atoms with Crippen LogP contribution in [-0.4, -0.2) is 10.9 Å². The minimum absolute atomic E-state index is 0.0377. The number of aromatic nitrogens is 1. The first-order chi connectivity index (χ1) is 9.70. The number of amides is 1. The summed E-state index contributed by atoms with van der Waals surface area (Å²) in [6, 6.07) is 7.36. The van der Waals surface area contributed by atoms with E-state index in [1.807, 2.05) is 18.3 Å². The molecule has 20 heavy (non-hydrogen) atoms. The third-order valence-electron chi connectivity index (χ3n) is 3.62. The SMILES string of the molecule is Nc1ccc(CC(=O)Nc2ncc(C3CCC3)s2)cc1. The molecule has 1 aromatic heterocycles. The lowest BCUT2D eigenvalue weighted by molar-refractivity contribution is -0.115. The van der Waals surface area contributed by atoms with Gasteiger partial charge in [-0.15, -0.1) is 11.3 Å². The Morgan fingerprint density at radius 2 is 2.10 bits per heavy atom. The average Bonchev–Trinajstić information content (AvgIpc) is 2.78. The predicted octanol–water partition coefficient (Wildman–Crippen LogP) is 3.17. The minimum atomic E-state index is -0.0377. The number of anilines is 2. The van der Waals surface area contributed by atoms with E-state index in [-0.39, 0.29) is 5.91 Å². The Balaban J connectivity index is 1.58. The normalized spacial score (nSPS) is 14.8. The Bertz CT molecular complexity index is 602. The van der Waals surface area contributed by atoms with E-state index in [1.54, 1.807) is 23.5 Å². The zero-order chi connectivity index (χ0) is 13.9. The van der Waals surface area contributed by atoms with Crippen LogP contribution < -0.4 is 11.1 Å². The Morgan fingerprint density at radius 3 is 2.75 bits per heavy atom. The van der Waals surface area contributed by atoms with Gasteiger partial charge in [-0.25, -0.2) is 4.98 Å². The van der Waals surface area contributed by atoms with Gasteiger partial charge in [-0.1, -0.05) is 18.6 Å². The van der Waals surface area contributed by atoms with E-state index >= 15 is 0 Å². The summed E-state index contributed by atoms with van der Waals surface area (Å²) in [6.07, 6.45) is 6.05. The van der Waals surface area contributed by atoms with Gasteiger partial charge >= 0.3 is 0 Å². The van der Waals surface area contributed by atoms with Gasteiger partial charge in [0.25, 0.3) is 0 Å². The second kappa shape index (κ2) is 5.63. The average molecular weight is 287 g/mol. The summed E-state index contributed by atoms with van der Waals surface area (Å²) in [5, 5.41) is 3.57. The van der Waals surface area contributed by atoms with Crippen molar-refractivity contribution in [2.24, 2.45) is 0 Å². The highest BCUT2D eigenvalue weighted by Crippen LogP contribution is 2.39. The molecule has 0 unspecified atom stereocenters. The van der Waals surface area contributed by atoms with E-state index in [2.05, 4.69) is 10.3 Å². The fourth-order valence-electron chi connectivity index (χ4n) is 2.21.